The van der Waals surface area contributed by atoms with Gasteiger partial charge >= 0.3 is 5.97 Å². The normalized spacial score (nSPS) is 12.5. The van der Waals surface area contributed by atoms with Crippen molar-refractivity contribution in [1.29, 1.82) is 0 Å². The summed E-state index contributed by atoms with van der Waals surface area (Å²) in [4.78, 5) is 14.9. The molecule has 1 aromatic rings. The van der Waals surface area contributed by atoms with Crippen LogP contribution in [0.15, 0.2) is 24.3 Å². The van der Waals surface area contributed by atoms with Crippen molar-refractivity contribution >= 4 is 17.6 Å². The zero-order chi connectivity index (χ0) is 9.84. The highest BCUT2D eigenvalue weighted by Gasteiger charge is 2.19. The maximum atomic E-state index is 10.6. The Morgan fingerprint density at radius 1 is 1.62 bits per heavy atom. The van der Waals surface area contributed by atoms with Crippen molar-refractivity contribution in [2.75, 3.05) is 0 Å². The van der Waals surface area contributed by atoms with Gasteiger partial charge in [-0.3, -0.25) is 4.84 Å². The Morgan fingerprint density at radius 3 is 2.77 bits per heavy atom. The fourth-order valence-electron chi connectivity index (χ4n) is 0.949. The first kappa shape index (κ1) is 9.98. The standard InChI is InChI=1S/C8H8ClNO3/c9-6-3-1-2-5(4-6)7(13-10)8(11)12/h1-4,7H,10H2,(H,11,12). The van der Waals surface area contributed by atoms with E-state index in [0.29, 0.717) is 10.6 Å². The lowest BCUT2D eigenvalue weighted by molar-refractivity contribution is -0.151. The fourth-order valence-corrected chi connectivity index (χ4v) is 1.15. The van der Waals surface area contributed by atoms with Crippen LogP contribution in [-0.4, -0.2) is 11.1 Å². The van der Waals surface area contributed by atoms with E-state index in [1.54, 1.807) is 18.2 Å². The van der Waals surface area contributed by atoms with E-state index in [9.17, 15) is 4.79 Å². The third-order valence-corrected chi connectivity index (χ3v) is 1.75. The Kier molecular flexibility index (Phi) is 3.25. The van der Waals surface area contributed by atoms with Crippen molar-refractivity contribution in [1.82, 2.24) is 0 Å². The number of rotatable bonds is 3. The predicted octanol–water partition coefficient (Wildman–Crippen LogP) is 1.36. The van der Waals surface area contributed by atoms with Gasteiger partial charge in [0.05, 0.1) is 0 Å². The second-order valence-corrected chi connectivity index (χ2v) is 2.85. The molecule has 70 valence electrons. The molecule has 0 saturated heterocycles. The summed E-state index contributed by atoms with van der Waals surface area (Å²) in [6.07, 6.45) is -1.17. The summed E-state index contributed by atoms with van der Waals surface area (Å²) in [6.45, 7) is 0. The van der Waals surface area contributed by atoms with Gasteiger partial charge in [-0.25, -0.2) is 10.7 Å². The van der Waals surface area contributed by atoms with Gasteiger partial charge in [0.15, 0.2) is 0 Å². The van der Waals surface area contributed by atoms with Crippen LogP contribution in [0.1, 0.15) is 11.7 Å². The maximum Gasteiger partial charge on any atom is 0.339 e. The number of halogens is 1. The molecule has 1 atom stereocenters. The molecule has 4 nitrogen and oxygen atoms in total. The van der Waals surface area contributed by atoms with Gasteiger partial charge in [0.2, 0.25) is 6.10 Å². The van der Waals surface area contributed by atoms with Crippen LogP contribution in [0.5, 0.6) is 0 Å². The molecule has 1 aromatic carbocycles. The number of hydrogen-bond acceptors (Lipinski definition) is 3. The van der Waals surface area contributed by atoms with Crippen LogP contribution in [0.2, 0.25) is 5.02 Å². The van der Waals surface area contributed by atoms with E-state index in [1.165, 1.54) is 6.07 Å². The molecule has 0 radical (unpaired) electrons. The molecule has 1 unspecified atom stereocenters. The van der Waals surface area contributed by atoms with Crippen molar-refractivity contribution < 1.29 is 14.7 Å². The molecule has 0 spiro atoms. The van der Waals surface area contributed by atoms with E-state index >= 15 is 0 Å². The Morgan fingerprint density at radius 2 is 2.31 bits per heavy atom. The van der Waals surface area contributed by atoms with Gasteiger partial charge < -0.3 is 5.11 Å². The van der Waals surface area contributed by atoms with Gasteiger partial charge in [0, 0.05) is 5.02 Å². The first-order valence-electron chi connectivity index (χ1n) is 3.49. The van der Waals surface area contributed by atoms with Crippen molar-refractivity contribution in [2.24, 2.45) is 5.90 Å². The number of benzene rings is 1. The molecule has 0 amide bonds. The molecule has 0 saturated carbocycles. The summed E-state index contributed by atoms with van der Waals surface area (Å²) in [5.41, 5.74) is 0.419. The summed E-state index contributed by atoms with van der Waals surface area (Å²) in [5, 5.41) is 9.11. The minimum Gasteiger partial charge on any atom is -0.479 e. The molecular formula is C8H8ClNO3. The lowest BCUT2D eigenvalue weighted by Crippen LogP contribution is -2.18. The maximum absolute atomic E-state index is 10.6. The molecule has 0 fully saturated rings. The highest BCUT2D eigenvalue weighted by atomic mass is 35.5. The highest BCUT2D eigenvalue weighted by Crippen LogP contribution is 2.19. The molecule has 5 heteroatoms. The van der Waals surface area contributed by atoms with E-state index in [1.807, 2.05) is 0 Å². The average molecular weight is 202 g/mol. The molecule has 0 aliphatic carbocycles. The highest BCUT2D eigenvalue weighted by molar-refractivity contribution is 6.30. The van der Waals surface area contributed by atoms with Crippen LogP contribution in [0.25, 0.3) is 0 Å². The molecule has 0 aromatic heterocycles. The number of carbonyl (C=O) groups is 1. The molecule has 0 heterocycles. The summed E-state index contributed by atoms with van der Waals surface area (Å²) in [6, 6.07) is 6.35. The van der Waals surface area contributed by atoms with Crippen LogP contribution >= 0.6 is 11.6 Å². The van der Waals surface area contributed by atoms with Crippen LogP contribution in [-0.2, 0) is 9.63 Å². The van der Waals surface area contributed by atoms with Crippen molar-refractivity contribution in [3.63, 3.8) is 0 Å². The molecule has 0 aliphatic heterocycles. The van der Waals surface area contributed by atoms with E-state index in [0.717, 1.165) is 0 Å². The summed E-state index contributed by atoms with van der Waals surface area (Å²) in [7, 11) is 0. The molecule has 0 aliphatic rings. The Labute approximate surface area is 79.8 Å². The lowest BCUT2D eigenvalue weighted by Gasteiger charge is -2.09. The summed E-state index contributed by atoms with van der Waals surface area (Å²) < 4.78 is 0. The molecule has 1 rings (SSSR count). The van der Waals surface area contributed by atoms with Gasteiger partial charge in [0.1, 0.15) is 0 Å². The largest absolute Gasteiger partial charge is 0.479 e. The van der Waals surface area contributed by atoms with Crippen LogP contribution < -0.4 is 5.90 Å². The minimum atomic E-state index is -1.17. The first-order chi connectivity index (χ1) is 6.15. The predicted molar refractivity (Wildman–Crippen MR) is 47.1 cm³/mol. The zero-order valence-electron chi connectivity index (χ0n) is 6.61. The lowest BCUT2D eigenvalue weighted by atomic mass is 10.1. The van der Waals surface area contributed by atoms with Crippen LogP contribution in [0, 0.1) is 0 Å². The van der Waals surface area contributed by atoms with Gasteiger partial charge in [0.25, 0.3) is 0 Å². The summed E-state index contributed by atoms with van der Waals surface area (Å²) in [5.74, 6) is 3.68. The van der Waals surface area contributed by atoms with Crippen molar-refractivity contribution in [3.05, 3.63) is 34.9 Å². The number of carboxylic acids is 1. The Bertz CT molecular complexity index is 316. The van der Waals surface area contributed by atoms with E-state index in [2.05, 4.69) is 4.84 Å². The van der Waals surface area contributed by atoms with Crippen LogP contribution in [0.3, 0.4) is 0 Å². The Hall–Kier alpha value is -1.10. The molecule has 13 heavy (non-hydrogen) atoms. The number of carboxylic acid groups (broad SMARTS) is 1. The summed E-state index contributed by atoms with van der Waals surface area (Å²) >= 11 is 5.66. The average Bonchev–Trinajstić information content (AvgIpc) is 2.04. The second kappa shape index (κ2) is 4.23. The van der Waals surface area contributed by atoms with Crippen molar-refractivity contribution in [2.45, 2.75) is 6.10 Å². The number of aliphatic carboxylic acids is 1. The Balaban J connectivity index is 2.98. The van der Waals surface area contributed by atoms with E-state index in [4.69, 9.17) is 22.6 Å². The van der Waals surface area contributed by atoms with E-state index in [-0.39, 0.29) is 0 Å². The fraction of sp³-hybridized carbons (Fsp3) is 0.125. The number of nitrogens with two attached hydrogens (primary N) is 1. The quantitative estimate of drug-likeness (QED) is 0.725. The zero-order valence-corrected chi connectivity index (χ0v) is 7.36. The molecule has 3 N–H and O–H groups in total. The van der Waals surface area contributed by atoms with Crippen LogP contribution in [0.4, 0.5) is 0 Å². The smallest absolute Gasteiger partial charge is 0.339 e. The SMILES string of the molecule is NOC(C(=O)O)c1cccc(Cl)c1. The third-order valence-electron chi connectivity index (χ3n) is 1.51. The number of hydrogen-bond donors (Lipinski definition) is 2. The molecular weight excluding hydrogens is 194 g/mol. The van der Waals surface area contributed by atoms with Gasteiger partial charge in [-0.05, 0) is 17.7 Å². The minimum absolute atomic E-state index is 0.419. The third kappa shape index (κ3) is 2.42. The van der Waals surface area contributed by atoms with Crippen molar-refractivity contribution in [3.8, 4) is 0 Å². The van der Waals surface area contributed by atoms with Gasteiger partial charge in [-0.15, -0.1) is 0 Å². The topological polar surface area (TPSA) is 72.5 Å². The van der Waals surface area contributed by atoms with Gasteiger partial charge in [-0.1, -0.05) is 23.7 Å². The first-order valence-corrected chi connectivity index (χ1v) is 3.86. The monoisotopic (exact) mass is 201 g/mol. The van der Waals surface area contributed by atoms with E-state index < -0.39 is 12.1 Å². The van der Waals surface area contributed by atoms with Gasteiger partial charge in [-0.2, -0.15) is 0 Å². The molecule has 0 bridgehead atoms. The second-order valence-electron chi connectivity index (χ2n) is 2.41.